The Morgan fingerprint density at radius 2 is 2.00 bits per heavy atom. The molecule has 1 fully saturated rings. The summed E-state index contributed by atoms with van der Waals surface area (Å²) in [5.74, 6) is 0.826. The lowest BCUT2D eigenvalue weighted by molar-refractivity contribution is -0.134. The van der Waals surface area contributed by atoms with E-state index < -0.39 is 0 Å². The van der Waals surface area contributed by atoms with Crippen molar-refractivity contribution in [2.24, 2.45) is 11.7 Å². The van der Waals surface area contributed by atoms with Crippen LogP contribution >= 0.6 is 0 Å². The molecule has 1 saturated carbocycles. The van der Waals surface area contributed by atoms with Gasteiger partial charge in [-0.1, -0.05) is 0 Å². The molecule has 1 atom stereocenters. The van der Waals surface area contributed by atoms with Crippen LogP contribution in [0.2, 0.25) is 0 Å². The zero-order valence-corrected chi connectivity index (χ0v) is 8.79. The molecule has 0 aromatic heterocycles. The predicted molar refractivity (Wildman–Crippen MR) is 53.2 cm³/mol. The molecular weight excluding hydrogens is 164 g/mol. The van der Waals surface area contributed by atoms with Crippen LogP contribution in [-0.4, -0.2) is 29.4 Å². The number of hydrogen-bond donors (Lipinski definition) is 1. The Hall–Kier alpha value is -0.570. The summed E-state index contributed by atoms with van der Waals surface area (Å²) in [5.41, 5.74) is 5.58. The lowest BCUT2D eigenvalue weighted by atomic mass is 10.2. The first-order valence-corrected chi connectivity index (χ1v) is 5.08. The van der Waals surface area contributed by atoms with Crippen molar-refractivity contribution in [1.29, 1.82) is 0 Å². The fraction of sp³-hybridized carbons (Fsp3) is 0.900. The van der Waals surface area contributed by atoms with E-state index in [-0.39, 0.29) is 18.0 Å². The number of rotatable bonds is 4. The highest BCUT2D eigenvalue weighted by molar-refractivity contribution is 5.81. The molecule has 1 unspecified atom stereocenters. The van der Waals surface area contributed by atoms with Gasteiger partial charge in [0.25, 0.3) is 0 Å². The van der Waals surface area contributed by atoms with E-state index in [1.54, 1.807) is 6.92 Å². The van der Waals surface area contributed by atoms with Gasteiger partial charge in [0.2, 0.25) is 5.91 Å². The summed E-state index contributed by atoms with van der Waals surface area (Å²) in [7, 11) is 0. The fourth-order valence-electron chi connectivity index (χ4n) is 1.40. The molecular formula is C10H20N2O. The number of hydrogen-bond acceptors (Lipinski definition) is 2. The van der Waals surface area contributed by atoms with Gasteiger partial charge in [0, 0.05) is 12.6 Å². The summed E-state index contributed by atoms with van der Waals surface area (Å²) in [6, 6.07) is -0.0831. The van der Waals surface area contributed by atoms with Crippen LogP contribution in [0.4, 0.5) is 0 Å². The van der Waals surface area contributed by atoms with Crippen LogP contribution < -0.4 is 5.73 Å². The molecule has 0 aromatic carbocycles. The molecule has 2 N–H and O–H groups in total. The molecule has 1 aliphatic carbocycles. The Labute approximate surface area is 80.3 Å². The van der Waals surface area contributed by atoms with Crippen molar-refractivity contribution < 1.29 is 4.79 Å². The van der Waals surface area contributed by atoms with Gasteiger partial charge in [-0.3, -0.25) is 4.79 Å². The Balaban J connectivity index is 2.49. The van der Waals surface area contributed by atoms with Crippen LogP contribution in [-0.2, 0) is 4.79 Å². The quantitative estimate of drug-likeness (QED) is 0.708. The Kier molecular flexibility index (Phi) is 3.31. The minimum atomic E-state index is -0.360. The second kappa shape index (κ2) is 4.09. The van der Waals surface area contributed by atoms with Crippen LogP contribution in [0, 0.1) is 5.92 Å². The molecule has 0 aromatic rings. The molecule has 76 valence electrons. The van der Waals surface area contributed by atoms with Gasteiger partial charge in [0.1, 0.15) is 0 Å². The molecule has 0 aliphatic heterocycles. The summed E-state index contributed by atoms with van der Waals surface area (Å²) in [6.45, 7) is 6.74. The van der Waals surface area contributed by atoms with E-state index in [4.69, 9.17) is 5.73 Å². The van der Waals surface area contributed by atoms with Gasteiger partial charge in [0.05, 0.1) is 6.04 Å². The van der Waals surface area contributed by atoms with Crippen molar-refractivity contribution in [1.82, 2.24) is 4.90 Å². The largest absolute Gasteiger partial charge is 0.339 e. The average Bonchev–Trinajstić information content (AvgIpc) is 2.81. The summed E-state index contributed by atoms with van der Waals surface area (Å²) < 4.78 is 0. The Morgan fingerprint density at radius 3 is 2.31 bits per heavy atom. The predicted octanol–water partition coefficient (Wildman–Crippen LogP) is 0.981. The molecule has 0 radical (unpaired) electrons. The second-order valence-electron chi connectivity index (χ2n) is 4.32. The van der Waals surface area contributed by atoms with E-state index in [0.717, 1.165) is 12.5 Å². The summed E-state index contributed by atoms with van der Waals surface area (Å²) >= 11 is 0. The first-order valence-electron chi connectivity index (χ1n) is 5.08. The monoisotopic (exact) mass is 184 g/mol. The molecule has 1 aliphatic rings. The van der Waals surface area contributed by atoms with Crippen molar-refractivity contribution in [3.05, 3.63) is 0 Å². The minimum Gasteiger partial charge on any atom is -0.339 e. The normalized spacial score (nSPS) is 18.8. The first-order chi connectivity index (χ1) is 6.02. The SMILES string of the molecule is CC(N)C(=O)N(CC1CC1)C(C)C. The first kappa shape index (κ1) is 10.5. The molecule has 3 nitrogen and oxygen atoms in total. The molecule has 1 amide bonds. The number of nitrogens with zero attached hydrogens (tertiary/aromatic N) is 1. The van der Waals surface area contributed by atoms with Crippen LogP contribution in [0.25, 0.3) is 0 Å². The van der Waals surface area contributed by atoms with Crippen LogP contribution in [0.1, 0.15) is 33.6 Å². The van der Waals surface area contributed by atoms with Crippen LogP contribution in [0.5, 0.6) is 0 Å². The lowest BCUT2D eigenvalue weighted by Crippen LogP contribution is -2.46. The van der Waals surface area contributed by atoms with E-state index in [2.05, 4.69) is 0 Å². The van der Waals surface area contributed by atoms with Crippen LogP contribution in [0.3, 0.4) is 0 Å². The van der Waals surface area contributed by atoms with Gasteiger partial charge in [0.15, 0.2) is 0 Å². The summed E-state index contributed by atoms with van der Waals surface area (Å²) in [5, 5.41) is 0. The molecule has 3 heteroatoms. The molecule has 13 heavy (non-hydrogen) atoms. The standard InChI is InChI=1S/C10H20N2O/c1-7(2)12(6-9-4-5-9)10(13)8(3)11/h7-9H,4-6,11H2,1-3H3. The average molecular weight is 184 g/mol. The maximum Gasteiger partial charge on any atom is 0.239 e. The third kappa shape index (κ3) is 2.99. The highest BCUT2D eigenvalue weighted by Gasteiger charge is 2.29. The lowest BCUT2D eigenvalue weighted by Gasteiger charge is -2.28. The molecule has 0 bridgehead atoms. The zero-order chi connectivity index (χ0) is 10.0. The molecule has 1 rings (SSSR count). The van der Waals surface area contributed by atoms with Gasteiger partial charge < -0.3 is 10.6 Å². The molecule has 0 spiro atoms. The van der Waals surface area contributed by atoms with Crippen molar-refractivity contribution in [3.8, 4) is 0 Å². The Morgan fingerprint density at radius 1 is 1.46 bits per heavy atom. The highest BCUT2D eigenvalue weighted by atomic mass is 16.2. The third-order valence-electron chi connectivity index (χ3n) is 2.45. The van der Waals surface area contributed by atoms with Crippen molar-refractivity contribution in [2.45, 2.75) is 45.7 Å². The maximum absolute atomic E-state index is 11.6. The maximum atomic E-state index is 11.6. The number of nitrogens with two attached hydrogens (primary N) is 1. The highest BCUT2D eigenvalue weighted by Crippen LogP contribution is 2.30. The number of carbonyl (C=O) groups excluding carboxylic acids is 1. The van der Waals surface area contributed by atoms with Crippen molar-refractivity contribution in [2.75, 3.05) is 6.54 Å². The van der Waals surface area contributed by atoms with E-state index in [1.807, 2.05) is 18.7 Å². The molecule has 0 saturated heterocycles. The van der Waals surface area contributed by atoms with Gasteiger partial charge in [-0.15, -0.1) is 0 Å². The topological polar surface area (TPSA) is 46.3 Å². The summed E-state index contributed by atoms with van der Waals surface area (Å²) in [4.78, 5) is 13.6. The van der Waals surface area contributed by atoms with Gasteiger partial charge in [-0.05, 0) is 39.5 Å². The van der Waals surface area contributed by atoms with E-state index in [9.17, 15) is 4.79 Å². The van der Waals surface area contributed by atoms with E-state index in [0.29, 0.717) is 0 Å². The third-order valence-corrected chi connectivity index (χ3v) is 2.45. The van der Waals surface area contributed by atoms with E-state index in [1.165, 1.54) is 12.8 Å². The smallest absolute Gasteiger partial charge is 0.239 e. The van der Waals surface area contributed by atoms with Crippen molar-refractivity contribution in [3.63, 3.8) is 0 Å². The fourth-order valence-corrected chi connectivity index (χ4v) is 1.40. The van der Waals surface area contributed by atoms with Crippen molar-refractivity contribution >= 4 is 5.91 Å². The molecule has 0 heterocycles. The second-order valence-corrected chi connectivity index (χ2v) is 4.32. The minimum absolute atomic E-state index is 0.0851. The Bertz CT molecular complexity index is 185. The number of carbonyl (C=O) groups is 1. The number of amides is 1. The van der Waals surface area contributed by atoms with E-state index >= 15 is 0 Å². The summed E-state index contributed by atoms with van der Waals surface area (Å²) in [6.07, 6.45) is 2.55. The van der Waals surface area contributed by atoms with Gasteiger partial charge in [-0.2, -0.15) is 0 Å². The van der Waals surface area contributed by atoms with Gasteiger partial charge >= 0.3 is 0 Å². The zero-order valence-electron chi connectivity index (χ0n) is 8.79. The van der Waals surface area contributed by atoms with Gasteiger partial charge in [-0.25, -0.2) is 0 Å². The van der Waals surface area contributed by atoms with Crippen LogP contribution in [0.15, 0.2) is 0 Å².